The van der Waals surface area contributed by atoms with Crippen LogP contribution in [-0.4, -0.2) is 21.7 Å². The fourth-order valence-electron chi connectivity index (χ4n) is 2.85. The SMILES string of the molecule is Nc1ccc(C(=O)c2cnc(NC3CCCCC3)s2)cc1[N+](=O)[O-]. The first-order valence-corrected chi connectivity index (χ1v) is 8.67. The molecule has 0 amide bonds. The molecule has 3 rings (SSSR count). The van der Waals surface area contributed by atoms with Crippen LogP contribution in [0.4, 0.5) is 16.5 Å². The van der Waals surface area contributed by atoms with Gasteiger partial charge < -0.3 is 11.1 Å². The number of carbonyl (C=O) groups is 1. The molecule has 24 heavy (non-hydrogen) atoms. The summed E-state index contributed by atoms with van der Waals surface area (Å²) >= 11 is 1.28. The Kier molecular flexibility index (Phi) is 4.75. The predicted octanol–water partition coefficient (Wildman–Crippen LogP) is 3.61. The minimum atomic E-state index is -0.588. The molecule has 1 heterocycles. The minimum absolute atomic E-state index is 0.0421. The number of ketones is 1. The molecule has 8 heteroatoms. The predicted molar refractivity (Wildman–Crippen MR) is 93.6 cm³/mol. The molecule has 0 aliphatic heterocycles. The molecule has 1 aromatic heterocycles. The van der Waals surface area contributed by atoms with Gasteiger partial charge in [-0.1, -0.05) is 30.6 Å². The Bertz CT molecular complexity index is 768. The van der Waals surface area contributed by atoms with Crippen molar-refractivity contribution >= 4 is 33.6 Å². The van der Waals surface area contributed by atoms with Crippen LogP contribution in [0.5, 0.6) is 0 Å². The number of nitro benzene ring substituents is 1. The lowest BCUT2D eigenvalue weighted by Crippen LogP contribution is -2.21. The van der Waals surface area contributed by atoms with Crippen molar-refractivity contribution < 1.29 is 9.72 Å². The summed E-state index contributed by atoms with van der Waals surface area (Å²) in [4.78, 5) is 27.6. The average molecular weight is 346 g/mol. The van der Waals surface area contributed by atoms with E-state index in [2.05, 4.69) is 10.3 Å². The Morgan fingerprint density at radius 3 is 2.79 bits per heavy atom. The number of benzene rings is 1. The number of hydrogen-bond acceptors (Lipinski definition) is 7. The lowest BCUT2D eigenvalue weighted by Gasteiger charge is -2.22. The molecule has 0 bridgehead atoms. The Balaban J connectivity index is 1.76. The molecule has 1 aromatic carbocycles. The van der Waals surface area contributed by atoms with Gasteiger partial charge in [-0.05, 0) is 25.0 Å². The number of rotatable bonds is 5. The van der Waals surface area contributed by atoms with E-state index >= 15 is 0 Å². The third-order valence-electron chi connectivity index (χ3n) is 4.15. The smallest absolute Gasteiger partial charge is 0.292 e. The van der Waals surface area contributed by atoms with Crippen LogP contribution in [0.1, 0.15) is 47.3 Å². The molecule has 2 aromatic rings. The van der Waals surface area contributed by atoms with Gasteiger partial charge in [0.25, 0.3) is 5.69 Å². The highest BCUT2D eigenvalue weighted by atomic mass is 32.1. The summed E-state index contributed by atoms with van der Waals surface area (Å²) in [5, 5.41) is 15.0. The summed E-state index contributed by atoms with van der Waals surface area (Å²) in [6.07, 6.45) is 7.45. The summed E-state index contributed by atoms with van der Waals surface area (Å²) < 4.78 is 0. The molecule has 7 nitrogen and oxygen atoms in total. The van der Waals surface area contributed by atoms with E-state index in [9.17, 15) is 14.9 Å². The first kappa shape index (κ1) is 16.4. The molecule has 3 N–H and O–H groups in total. The number of nitrogens with zero attached hydrogens (tertiary/aromatic N) is 2. The number of nitrogens with two attached hydrogens (primary N) is 1. The van der Waals surface area contributed by atoms with Crippen LogP contribution in [-0.2, 0) is 0 Å². The highest BCUT2D eigenvalue weighted by Gasteiger charge is 2.20. The van der Waals surface area contributed by atoms with Crippen molar-refractivity contribution in [2.24, 2.45) is 0 Å². The zero-order valence-corrected chi connectivity index (χ0v) is 13.8. The van der Waals surface area contributed by atoms with Gasteiger partial charge in [0.05, 0.1) is 16.0 Å². The Morgan fingerprint density at radius 2 is 2.08 bits per heavy atom. The lowest BCUT2D eigenvalue weighted by molar-refractivity contribution is -0.383. The number of aromatic nitrogens is 1. The summed E-state index contributed by atoms with van der Waals surface area (Å²) in [5.74, 6) is -0.285. The minimum Gasteiger partial charge on any atom is -0.393 e. The van der Waals surface area contributed by atoms with Crippen molar-refractivity contribution in [2.75, 3.05) is 11.1 Å². The van der Waals surface area contributed by atoms with Gasteiger partial charge in [-0.25, -0.2) is 4.98 Å². The van der Waals surface area contributed by atoms with E-state index in [1.165, 1.54) is 55.0 Å². The van der Waals surface area contributed by atoms with Gasteiger partial charge in [0.2, 0.25) is 5.78 Å². The number of hydrogen-bond donors (Lipinski definition) is 2. The monoisotopic (exact) mass is 346 g/mol. The number of carbonyl (C=O) groups excluding carboxylic acids is 1. The van der Waals surface area contributed by atoms with E-state index in [4.69, 9.17) is 5.73 Å². The highest BCUT2D eigenvalue weighted by molar-refractivity contribution is 7.17. The molecule has 0 radical (unpaired) electrons. The first-order chi connectivity index (χ1) is 11.5. The molecule has 1 aliphatic rings. The molecule has 0 saturated heterocycles. The topological polar surface area (TPSA) is 111 Å². The molecule has 0 unspecified atom stereocenters. The number of anilines is 2. The maximum absolute atomic E-state index is 12.5. The second-order valence-electron chi connectivity index (χ2n) is 5.87. The van der Waals surface area contributed by atoms with E-state index in [1.54, 1.807) is 0 Å². The maximum Gasteiger partial charge on any atom is 0.292 e. The van der Waals surface area contributed by atoms with E-state index < -0.39 is 4.92 Å². The van der Waals surface area contributed by atoms with Gasteiger partial charge in [0, 0.05) is 17.7 Å². The van der Waals surface area contributed by atoms with Crippen LogP contribution >= 0.6 is 11.3 Å². The van der Waals surface area contributed by atoms with Gasteiger partial charge in [-0.3, -0.25) is 14.9 Å². The lowest BCUT2D eigenvalue weighted by atomic mass is 9.96. The van der Waals surface area contributed by atoms with E-state index in [1.807, 2.05) is 0 Å². The standard InChI is InChI=1S/C16H18N4O3S/c17-12-7-6-10(8-13(12)20(22)23)15(21)14-9-18-16(24-14)19-11-4-2-1-3-5-11/h6-9,11H,1-5,17H2,(H,18,19). The molecular formula is C16H18N4O3S. The number of nitrogen functional groups attached to an aromatic ring is 1. The summed E-state index contributed by atoms with van der Waals surface area (Å²) in [6.45, 7) is 0. The average Bonchev–Trinajstić information content (AvgIpc) is 3.04. The van der Waals surface area contributed by atoms with Crippen molar-refractivity contribution in [3.05, 3.63) is 45.0 Å². The molecule has 0 spiro atoms. The molecule has 0 atom stereocenters. The third-order valence-corrected chi connectivity index (χ3v) is 5.08. The Labute approximate surface area is 143 Å². The molecular weight excluding hydrogens is 328 g/mol. The van der Waals surface area contributed by atoms with Gasteiger partial charge in [0.1, 0.15) is 5.69 Å². The van der Waals surface area contributed by atoms with Crippen molar-refractivity contribution in [3.63, 3.8) is 0 Å². The van der Waals surface area contributed by atoms with Crippen LogP contribution < -0.4 is 11.1 Å². The molecule has 126 valence electrons. The second-order valence-corrected chi connectivity index (χ2v) is 6.90. The van der Waals surface area contributed by atoms with Gasteiger partial charge in [-0.15, -0.1) is 0 Å². The van der Waals surface area contributed by atoms with Crippen molar-refractivity contribution in [3.8, 4) is 0 Å². The summed E-state index contributed by atoms with van der Waals surface area (Å²) in [6, 6.07) is 4.50. The van der Waals surface area contributed by atoms with Crippen LogP contribution in [0.25, 0.3) is 0 Å². The van der Waals surface area contributed by atoms with Crippen LogP contribution in [0.2, 0.25) is 0 Å². The number of nitrogens with one attached hydrogen (secondary N) is 1. The van der Waals surface area contributed by atoms with Crippen molar-refractivity contribution in [2.45, 2.75) is 38.1 Å². The van der Waals surface area contributed by atoms with E-state index in [-0.39, 0.29) is 22.7 Å². The second kappa shape index (κ2) is 6.96. The Morgan fingerprint density at radius 1 is 1.33 bits per heavy atom. The molecule has 1 aliphatic carbocycles. The van der Waals surface area contributed by atoms with Crippen molar-refractivity contribution in [1.82, 2.24) is 4.98 Å². The number of nitro groups is 1. The molecule has 1 fully saturated rings. The number of thiazole rings is 1. The quantitative estimate of drug-likeness (QED) is 0.370. The van der Waals surface area contributed by atoms with Crippen LogP contribution in [0.3, 0.4) is 0 Å². The fourth-order valence-corrected chi connectivity index (χ4v) is 3.71. The third kappa shape index (κ3) is 3.53. The highest BCUT2D eigenvalue weighted by Crippen LogP contribution is 2.28. The zero-order chi connectivity index (χ0) is 17.1. The van der Waals surface area contributed by atoms with E-state index in [0.29, 0.717) is 10.9 Å². The zero-order valence-electron chi connectivity index (χ0n) is 13.0. The largest absolute Gasteiger partial charge is 0.393 e. The summed E-state index contributed by atoms with van der Waals surface area (Å²) in [7, 11) is 0. The normalized spacial score (nSPS) is 15.2. The fraction of sp³-hybridized carbons (Fsp3) is 0.375. The van der Waals surface area contributed by atoms with Crippen molar-refractivity contribution in [1.29, 1.82) is 0 Å². The van der Waals surface area contributed by atoms with Gasteiger partial charge in [0.15, 0.2) is 5.13 Å². The Hall–Kier alpha value is -2.48. The van der Waals surface area contributed by atoms with Crippen LogP contribution in [0.15, 0.2) is 24.4 Å². The van der Waals surface area contributed by atoms with Crippen LogP contribution in [0, 0.1) is 10.1 Å². The van der Waals surface area contributed by atoms with Gasteiger partial charge >= 0.3 is 0 Å². The molecule has 1 saturated carbocycles. The first-order valence-electron chi connectivity index (χ1n) is 7.85. The van der Waals surface area contributed by atoms with Gasteiger partial charge in [-0.2, -0.15) is 0 Å². The summed E-state index contributed by atoms with van der Waals surface area (Å²) in [5.41, 5.74) is 5.59. The van der Waals surface area contributed by atoms with E-state index in [0.717, 1.165) is 18.0 Å². The maximum atomic E-state index is 12.5.